The lowest BCUT2D eigenvalue weighted by atomic mass is 10.0. The van der Waals surface area contributed by atoms with E-state index < -0.39 is 0 Å². The van der Waals surface area contributed by atoms with E-state index in [0.717, 1.165) is 75.6 Å². The number of rotatable bonds is 5. The molecule has 2 fully saturated rings. The van der Waals surface area contributed by atoms with E-state index in [4.69, 9.17) is 19.2 Å². The Morgan fingerprint density at radius 2 is 1.87 bits per heavy atom. The van der Waals surface area contributed by atoms with Crippen molar-refractivity contribution in [1.29, 1.82) is 0 Å². The summed E-state index contributed by atoms with van der Waals surface area (Å²) >= 11 is 0. The third-order valence-electron chi connectivity index (χ3n) is 5.81. The van der Waals surface area contributed by atoms with E-state index >= 15 is 0 Å². The highest BCUT2D eigenvalue weighted by Crippen LogP contribution is 2.31. The molecule has 2 aromatic rings. The van der Waals surface area contributed by atoms with Gasteiger partial charge in [-0.2, -0.15) is 4.98 Å². The molecule has 1 unspecified atom stereocenters. The standard InChI is InChI=1S/C22H29N5O3/c1-2-18(24-21-5-6-23-22(25-21)27-8-10-28-11-9-27)16-26(7-1)15-17-3-4-19-20(14-17)30-13-12-29-19/h3-6,14,18H,1-2,7-13,15-16H2,(H,23,24,25). The molecule has 30 heavy (non-hydrogen) atoms. The molecule has 8 heteroatoms. The Hall–Kier alpha value is -2.58. The van der Waals surface area contributed by atoms with Crippen molar-refractivity contribution in [2.24, 2.45) is 0 Å². The van der Waals surface area contributed by atoms with Gasteiger partial charge in [-0.3, -0.25) is 4.90 Å². The molecule has 3 aliphatic rings. The van der Waals surface area contributed by atoms with Crippen LogP contribution in [0.2, 0.25) is 0 Å². The summed E-state index contributed by atoms with van der Waals surface area (Å²) in [7, 11) is 0. The zero-order chi connectivity index (χ0) is 20.2. The Morgan fingerprint density at radius 1 is 1.00 bits per heavy atom. The molecule has 0 amide bonds. The van der Waals surface area contributed by atoms with Crippen LogP contribution in [0.5, 0.6) is 11.5 Å². The minimum Gasteiger partial charge on any atom is -0.486 e. The van der Waals surface area contributed by atoms with E-state index in [0.29, 0.717) is 19.3 Å². The fourth-order valence-electron chi connectivity index (χ4n) is 4.31. The van der Waals surface area contributed by atoms with E-state index in [1.807, 2.05) is 18.3 Å². The minimum absolute atomic E-state index is 0.378. The maximum Gasteiger partial charge on any atom is 0.227 e. The Kier molecular flexibility index (Phi) is 5.85. The third-order valence-corrected chi connectivity index (χ3v) is 5.81. The number of aromatic nitrogens is 2. The first-order valence-electron chi connectivity index (χ1n) is 10.9. The molecule has 1 aromatic heterocycles. The summed E-state index contributed by atoms with van der Waals surface area (Å²) in [5.41, 5.74) is 1.26. The molecule has 2 saturated heterocycles. The molecule has 4 heterocycles. The van der Waals surface area contributed by atoms with E-state index in [1.165, 1.54) is 12.0 Å². The number of hydrogen-bond donors (Lipinski definition) is 1. The quantitative estimate of drug-likeness (QED) is 0.803. The molecule has 0 bridgehead atoms. The normalized spacial score (nSPS) is 22.0. The van der Waals surface area contributed by atoms with Crippen LogP contribution in [0.15, 0.2) is 30.5 Å². The van der Waals surface area contributed by atoms with Gasteiger partial charge in [0.25, 0.3) is 0 Å². The molecule has 1 aromatic carbocycles. The molecule has 0 aliphatic carbocycles. The Labute approximate surface area is 177 Å². The van der Waals surface area contributed by atoms with Crippen LogP contribution in [-0.4, -0.2) is 73.5 Å². The Bertz CT molecular complexity index is 858. The van der Waals surface area contributed by atoms with Gasteiger partial charge in [0.05, 0.1) is 13.2 Å². The molecule has 3 aliphatic heterocycles. The van der Waals surface area contributed by atoms with E-state index in [1.54, 1.807) is 0 Å². The fraction of sp³-hybridized carbons (Fsp3) is 0.545. The third kappa shape index (κ3) is 4.60. The van der Waals surface area contributed by atoms with Crippen molar-refractivity contribution in [2.45, 2.75) is 25.4 Å². The number of benzene rings is 1. The lowest BCUT2D eigenvalue weighted by Gasteiger charge is -2.34. The zero-order valence-corrected chi connectivity index (χ0v) is 17.3. The summed E-state index contributed by atoms with van der Waals surface area (Å²) in [4.78, 5) is 13.9. The number of morpholine rings is 1. The average Bonchev–Trinajstić information content (AvgIpc) is 2.80. The molecule has 0 spiro atoms. The van der Waals surface area contributed by atoms with Crippen LogP contribution in [0.3, 0.4) is 0 Å². The summed E-state index contributed by atoms with van der Waals surface area (Å²) < 4.78 is 16.8. The van der Waals surface area contributed by atoms with Gasteiger partial charge in [0.15, 0.2) is 11.5 Å². The molecular formula is C22H29N5O3. The molecule has 0 saturated carbocycles. The smallest absolute Gasteiger partial charge is 0.227 e. The van der Waals surface area contributed by atoms with Gasteiger partial charge in [-0.05, 0) is 43.1 Å². The van der Waals surface area contributed by atoms with Crippen LogP contribution in [0, 0.1) is 0 Å². The first-order chi connectivity index (χ1) is 14.8. The number of fused-ring (bicyclic) bond motifs is 1. The second-order valence-electron chi connectivity index (χ2n) is 8.04. The number of likely N-dealkylation sites (tertiary alicyclic amines) is 1. The zero-order valence-electron chi connectivity index (χ0n) is 17.3. The molecule has 0 radical (unpaired) electrons. The predicted molar refractivity (Wildman–Crippen MR) is 114 cm³/mol. The number of anilines is 2. The highest BCUT2D eigenvalue weighted by atomic mass is 16.6. The molecule has 8 nitrogen and oxygen atoms in total. The van der Waals surface area contributed by atoms with Crippen LogP contribution in [0.25, 0.3) is 0 Å². The fourth-order valence-corrected chi connectivity index (χ4v) is 4.31. The van der Waals surface area contributed by atoms with Crippen molar-refractivity contribution in [3.63, 3.8) is 0 Å². The van der Waals surface area contributed by atoms with Gasteiger partial charge in [-0.15, -0.1) is 0 Å². The summed E-state index contributed by atoms with van der Waals surface area (Å²) in [5.74, 6) is 3.40. The number of nitrogens with zero attached hydrogens (tertiary/aromatic N) is 4. The van der Waals surface area contributed by atoms with Gasteiger partial charge >= 0.3 is 0 Å². The molecule has 160 valence electrons. The van der Waals surface area contributed by atoms with Crippen molar-refractivity contribution >= 4 is 11.8 Å². The van der Waals surface area contributed by atoms with Gasteiger partial charge < -0.3 is 24.4 Å². The molecular weight excluding hydrogens is 382 g/mol. The van der Waals surface area contributed by atoms with Crippen molar-refractivity contribution in [3.05, 3.63) is 36.0 Å². The number of piperidine rings is 1. The molecule has 5 rings (SSSR count). The van der Waals surface area contributed by atoms with Gasteiger partial charge in [0.1, 0.15) is 19.0 Å². The first-order valence-corrected chi connectivity index (χ1v) is 10.9. The second-order valence-corrected chi connectivity index (χ2v) is 8.04. The summed E-state index contributed by atoms with van der Waals surface area (Å²) in [6, 6.07) is 8.62. The van der Waals surface area contributed by atoms with Gasteiger partial charge in [-0.25, -0.2) is 4.98 Å². The van der Waals surface area contributed by atoms with E-state index in [9.17, 15) is 0 Å². The highest BCUT2D eigenvalue weighted by molar-refractivity contribution is 5.44. The predicted octanol–water partition coefficient (Wildman–Crippen LogP) is 2.16. The SMILES string of the molecule is c1cc(NC2CCCN(Cc3ccc4c(c3)OCCO4)C2)nc(N2CCOCC2)n1. The average molecular weight is 412 g/mol. The Balaban J connectivity index is 1.20. The van der Waals surface area contributed by atoms with Gasteiger partial charge in [0, 0.05) is 38.4 Å². The van der Waals surface area contributed by atoms with E-state index in [-0.39, 0.29) is 0 Å². The summed E-state index contributed by atoms with van der Waals surface area (Å²) in [6.45, 7) is 7.42. The van der Waals surface area contributed by atoms with Crippen LogP contribution in [0.1, 0.15) is 18.4 Å². The Morgan fingerprint density at radius 3 is 2.77 bits per heavy atom. The van der Waals surface area contributed by atoms with Crippen molar-refractivity contribution in [2.75, 3.05) is 62.8 Å². The van der Waals surface area contributed by atoms with Crippen molar-refractivity contribution in [1.82, 2.24) is 14.9 Å². The molecule has 1 atom stereocenters. The van der Waals surface area contributed by atoms with Crippen molar-refractivity contribution in [3.8, 4) is 11.5 Å². The summed E-state index contributed by atoms with van der Waals surface area (Å²) in [5, 5.41) is 3.63. The number of nitrogens with one attached hydrogen (secondary N) is 1. The minimum atomic E-state index is 0.378. The second kappa shape index (κ2) is 9.06. The van der Waals surface area contributed by atoms with E-state index in [2.05, 4.69) is 32.2 Å². The molecule has 1 N–H and O–H groups in total. The van der Waals surface area contributed by atoms with Crippen LogP contribution >= 0.6 is 0 Å². The monoisotopic (exact) mass is 411 g/mol. The van der Waals surface area contributed by atoms with Gasteiger partial charge in [0.2, 0.25) is 5.95 Å². The lowest BCUT2D eigenvalue weighted by Crippen LogP contribution is -2.42. The summed E-state index contributed by atoms with van der Waals surface area (Å²) in [6.07, 6.45) is 4.16. The van der Waals surface area contributed by atoms with Crippen LogP contribution in [-0.2, 0) is 11.3 Å². The topological polar surface area (TPSA) is 72.0 Å². The highest BCUT2D eigenvalue weighted by Gasteiger charge is 2.22. The first kappa shape index (κ1) is 19.4. The largest absolute Gasteiger partial charge is 0.486 e. The van der Waals surface area contributed by atoms with Crippen molar-refractivity contribution < 1.29 is 14.2 Å². The van der Waals surface area contributed by atoms with Crippen LogP contribution in [0.4, 0.5) is 11.8 Å². The van der Waals surface area contributed by atoms with Gasteiger partial charge in [-0.1, -0.05) is 6.07 Å². The maximum atomic E-state index is 5.73. The lowest BCUT2D eigenvalue weighted by molar-refractivity contribution is 0.122. The number of hydrogen-bond acceptors (Lipinski definition) is 8. The number of ether oxygens (including phenoxy) is 3. The van der Waals surface area contributed by atoms with Crippen LogP contribution < -0.4 is 19.7 Å². The maximum absolute atomic E-state index is 5.73.